The minimum atomic E-state index is -4.37. The van der Waals surface area contributed by atoms with Gasteiger partial charge in [0.05, 0.1) is 13.2 Å². The Morgan fingerprint density at radius 3 is 1.61 bits per heavy atom. The Hall–Kier alpha value is -1.51. The van der Waals surface area contributed by atoms with E-state index in [9.17, 15) is 19.0 Å². The summed E-state index contributed by atoms with van der Waals surface area (Å²) in [5, 5.41) is 0. The monoisotopic (exact) mass is 673 g/mol. The summed E-state index contributed by atoms with van der Waals surface area (Å²) in [6, 6.07) is 0. The Morgan fingerprint density at radius 1 is 0.630 bits per heavy atom. The second-order valence-electron chi connectivity index (χ2n) is 12.1. The Balaban J connectivity index is 4.29. The summed E-state index contributed by atoms with van der Waals surface area (Å²) in [7, 11) is -4.37. The van der Waals surface area contributed by atoms with E-state index in [-0.39, 0.29) is 32.6 Å². The van der Waals surface area contributed by atoms with Crippen LogP contribution in [-0.4, -0.2) is 49.3 Å². The van der Waals surface area contributed by atoms with Crippen LogP contribution in [0.3, 0.4) is 0 Å². The van der Waals surface area contributed by atoms with Gasteiger partial charge in [0.2, 0.25) is 0 Å². The fraction of sp³-hybridized carbons (Fsp3) is 0.833. The number of ether oxygens (including phenoxy) is 2. The minimum absolute atomic E-state index is 0.0506. The summed E-state index contributed by atoms with van der Waals surface area (Å²) >= 11 is 0. The predicted octanol–water partition coefficient (Wildman–Crippen LogP) is 9.66. The van der Waals surface area contributed by atoms with E-state index in [0.717, 1.165) is 64.2 Å². The lowest BCUT2D eigenvalue weighted by Gasteiger charge is -2.19. The Kier molecular flexibility index (Phi) is 32.3. The van der Waals surface area contributed by atoms with Crippen molar-refractivity contribution >= 4 is 19.8 Å². The molecule has 0 amide bonds. The van der Waals surface area contributed by atoms with Gasteiger partial charge in [-0.3, -0.25) is 18.6 Å². The van der Waals surface area contributed by atoms with Crippen molar-refractivity contribution in [2.45, 2.75) is 168 Å². The van der Waals surface area contributed by atoms with Gasteiger partial charge in [-0.1, -0.05) is 109 Å². The molecule has 0 radical (unpaired) electrons. The average molecular weight is 674 g/mol. The summed E-state index contributed by atoms with van der Waals surface area (Å²) in [4.78, 5) is 34.6. The highest BCUT2D eigenvalue weighted by Crippen LogP contribution is 2.43. The van der Waals surface area contributed by atoms with Crippen LogP contribution in [0.1, 0.15) is 162 Å². The molecule has 0 spiro atoms. The Bertz CT molecular complexity index is 820. The van der Waals surface area contributed by atoms with Gasteiger partial charge in [-0.25, -0.2) is 4.57 Å². The summed E-state index contributed by atoms with van der Waals surface area (Å²) in [5.74, 6) is -0.859. The third-order valence-electron chi connectivity index (χ3n) is 7.56. The number of rotatable bonds is 34. The number of allylic oxidation sites excluding steroid dienone is 4. The number of esters is 2. The standard InChI is InChI=1S/C36H68NO8P/c1-3-5-7-9-11-13-15-17-19-21-23-25-27-29-36(39)45-34(33-44-46(40,41)43-31-30-37)32-42-35(38)28-26-24-22-20-18-16-14-12-10-8-6-4-2/h12,14,17,19,34H,3-11,13,15-16,18,20-33,37H2,1-2H3,(H,40,41)/b14-12+,19-17+/t34-/m1/s1. The fourth-order valence-corrected chi connectivity index (χ4v) is 5.56. The number of hydrogen-bond acceptors (Lipinski definition) is 8. The second kappa shape index (κ2) is 33.4. The molecule has 0 rings (SSSR count). The van der Waals surface area contributed by atoms with E-state index in [4.69, 9.17) is 24.3 Å². The zero-order chi connectivity index (χ0) is 34.0. The van der Waals surface area contributed by atoms with Gasteiger partial charge < -0.3 is 20.1 Å². The van der Waals surface area contributed by atoms with Crippen molar-refractivity contribution in [1.29, 1.82) is 0 Å². The van der Waals surface area contributed by atoms with Crippen molar-refractivity contribution in [2.75, 3.05) is 26.4 Å². The van der Waals surface area contributed by atoms with Gasteiger partial charge in [-0.2, -0.15) is 0 Å². The highest BCUT2D eigenvalue weighted by molar-refractivity contribution is 7.47. The molecule has 2 atom stereocenters. The van der Waals surface area contributed by atoms with Crippen LogP contribution < -0.4 is 5.73 Å². The molecule has 270 valence electrons. The molecule has 0 bridgehead atoms. The molecule has 1 unspecified atom stereocenters. The highest BCUT2D eigenvalue weighted by atomic mass is 31.2. The first kappa shape index (κ1) is 44.5. The van der Waals surface area contributed by atoms with Crippen LogP contribution in [0.5, 0.6) is 0 Å². The first-order valence-corrected chi connectivity index (χ1v) is 19.8. The third-order valence-corrected chi connectivity index (χ3v) is 8.54. The number of carbonyl (C=O) groups excluding carboxylic acids is 2. The van der Waals surface area contributed by atoms with Crippen molar-refractivity contribution in [1.82, 2.24) is 0 Å². The topological polar surface area (TPSA) is 134 Å². The molecule has 0 aliphatic carbocycles. The molecule has 9 nitrogen and oxygen atoms in total. The van der Waals surface area contributed by atoms with E-state index < -0.39 is 32.5 Å². The molecule has 0 saturated carbocycles. The van der Waals surface area contributed by atoms with Gasteiger partial charge in [0.25, 0.3) is 0 Å². The molecule has 0 heterocycles. The smallest absolute Gasteiger partial charge is 0.462 e. The van der Waals surface area contributed by atoms with E-state index >= 15 is 0 Å². The zero-order valence-electron chi connectivity index (χ0n) is 29.3. The molecule has 0 aromatic rings. The molecule has 0 aromatic carbocycles. The molecule has 0 saturated heterocycles. The van der Waals surface area contributed by atoms with Crippen LogP contribution >= 0.6 is 7.82 Å². The van der Waals surface area contributed by atoms with Gasteiger partial charge in [0.15, 0.2) is 6.10 Å². The maximum atomic E-state index is 12.5. The molecule has 0 aromatic heterocycles. The molecule has 0 fully saturated rings. The van der Waals surface area contributed by atoms with E-state index in [2.05, 4.69) is 38.2 Å². The zero-order valence-corrected chi connectivity index (χ0v) is 30.2. The Labute approximate surface area is 281 Å². The molecular formula is C36H68NO8P. The first-order valence-electron chi connectivity index (χ1n) is 18.3. The van der Waals surface area contributed by atoms with Crippen molar-refractivity contribution in [3.63, 3.8) is 0 Å². The van der Waals surface area contributed by atoms with E-state index in [1.165, 1.54) is 64.2 Å². The van der Waals surface area contributed by atoms with Gasteiger partial charge in [0, 0.05) is 19.4 Å². The average Bonchev–Trinajstić information content (AvgIpc) is 3.04. The van der Waals surface area contributed by atoms with Crippen molar-refractivity contribution < 1.29 is 37.6 Å². The molecule has 0 aliphatic heterocycles. The number of carbonyl (C=O) groups is 2. The summed E-state index contributed by atoms with van der Waals surface area (Å²) in [6.45, 7) is 3.65. The van der Waals surface area contributed by atoms with Crippen molar-refractivity contribution in [3.8, 4) is 0 Å². The lowest BCUT2D eigenvalue weighted by molar-refractivity contribution is -0.161. The second-order valence-corrected chi connectivity index (χ2v) is 13.5. The van der Waals surface area contributed by atoms with Crippen LogP contribution in [0.15, 0.2) is 24.3 Å². The number of hydrogen-bond donors (Lipinski definition) is 2. The van der Waals surface area contributed by atoms with Crippen molar-refractivity contribution in [3.05, 3.63) is 24.3 Å². The fourth-order valence-electron chi connectivity index (χ4n) is 4.80. The maximum absolute atomic E-state index is 12.5. The van der Waals surface area contributed by atoms with E-state index in [1.807, 2.05) is 0 Å². The van der Waals surface area contributed by atoms with Crippen LogP contribution in [0.2, 0.25) is 0 Å². The van der Waals surface area contributed by atoms with Crippen molar-refractivity contribution in [2.24, 2.45) is 5.73 Å². The minimum Gasteiger partial charge on any atom is -0.462 e. The van der Waals surface area contributed by atoms with Crippen LogP contribution in [0.4, 0.5) is 0 Å². The maximum Gasteiger partial charge on any atom is 0.472 e. The Morgan fingerprint density at radius 2 is 1.07 bits per heavy atom. The van der Waals surface area contributed by atoms with Gasteiger partial charge in [-0.05, 0) is 64.2 Å². The largest absolute Gasteiger partial charge is 0.472 e. The predicted molar refractivity (Wildman–Crippen MR) is 187 cm³/mol. The lowest BCUT2D eigenvalue weighted by atomic mass is 10.1. The van der Waals surface area contributed by atoms with Gasteiger partial charge in [0.1, 0.15) is 6.61 Å². The molecule has 10 heteroatoms. The lowest BCUT2D eigenvalue weighted by Crippen LogP contribution is -2.29. The molecular weight excluding hydrogens is 605 g/mol. The summed E-state index contributed by atoms with van der Waals surface area (Å²) in [6.07, 6.45) is 32.1. The number of nitrogens with two attached hydrogens (primary N) is 1. The molecule has 46 heavy (non-hydrogen) atoms. The van der Waals surface area contributed by atoms with Crippen LogP contribution in [0, 0.1) is 0 Å². The van der Waals surface area contributed by atoms with Gasteiger partial charge in [-0.15, -0.1) is 0 Å². The third kappa shape index (κ3) is 32.4. The number of unbranched alkanes of at least 4 members (excludes halogenated alkanes) is 17. The summed E-state index contributed by atoms with van der Waals surface area (Å²) < 4.78 is 32.6. The quantitative estimate of drug-likeness (QED) is 0.0296. The van der Waals surface area contributed by atoms with Crippen LogP contribution in [0.25, 0.3) is 0 Å². The summed E-state index contributed by atoms with van der Waals surface area (Å²) in [5.41, 5.74) is 5.32. The molecule has 3 N–H and O–H groups in total. The van der Waals surface area contributed by atoms with Crippen LogP contribution in [-0.2, 0) is 32.7 Å². The highest BCUT2D eigenvalue weighted by Gasteiger charge is 2.25. The number of phosphoric acid groups is 1. The normalized spacial score (nSPS) is 13.7. The van der Waals surface area contributed by atoms with E-state index in [1.54, 1.807) is 0 Å². The first-order chi connectivity index (χ1) is 22.3. The SMILES string of the molecule is CCCCC/C=C/CCCCCCCC(=O)OC[C@H](COP(=O)(O)OCCN)OC(=O)CCCCC/C=C/CCCCCCCC. The molecule has 0 aliphatic rings. The van der Waals surface area contributed by atoms with E-state index in [0.29, 0.717) is 6.42 Å². The number of phosphoric ester groups is 1. The van der Waals surface area contributed by atoms with Gasteiger partial charge >= 0.3 is 19.8 Å².